The molecule has 0 radical (unpaired) electrons. The molecule has 0 aliphatic heterocycles. The third-order valence-electron chi connectivity index (χ3n) is 0.879. The molecule has 0 saturated carbocycles. The molecule has 4 N–H and O–H groups in total. The Labute approximate surface area is 64.1 Å². The summed E-state index contributed by atoms with van der Waals surface area (Å²) < 4.78 is 4.26. The molecule has 0 fully saturated rings. The fraction of sp³-hybridized carbons (Fsp3) is 0.600. The Kier molecular flexibility index (Phi) is 4.63. The van der Waals surface area contributed by atoms with Crippen molar-refractivity contribution < 1.29 is 14.3 Å². The normalized spacial score (nSPS) is 8.45. The highest BCUT2D eigenvalue weighted by Gasteiger charge is 1.96. The summed E-state index contributed by atoms with van der Waals surface area (Å²) in [6, 6.07) is -0.614. The largest absolute Gasteiger partial charge is 0.453 e. The van der Waals surface area contributed by atoms with Crippen LogP contribution in [-0.2, 0) is 4.74 Å². The minimum atomic E-state index is -0.614. The summed E-state index contributed by atoms with van der Waals surface area (Å²) in [6.45, 7) is 0.597. The molecule has 6 heteroatoms. The molecule has 64 valence electrons. The van der Waals surface area contributed by atoms with Crippen molar-refractivity contribution >= 4 is 12.1 Å². The van der Waals surface area contributed by atoms with E-state index in [0.717, 1.165) is 0 Å². The predicted octanol–water partition coefficient (Wildman–Crippen LogP) is -0.989. The lowest BCUT2D eigenvalue weighted by molar-refractivity contribution is 0.171. The zero-order valence-electron chi connectivity index (χ0n) is 6.22. The van der Waals surface area contributed by atoms with Gasteiger partial charge in [-0.2, -0.15) is 0 Å². The van der Waals surface area contributed by atoms with E-state index < -0.39 is 12.1 Å². The second-order valence-corrected chi connectivity index (χ2v) is 1.71. The van der Waals surface area contributed by atoms with Crippen molar-refractivity contribution in [1.82, 2.24) is 10.6 Å². The quantitative estimate of drug-likeness (QED) is 0.464. The minimum Gasteiger partial charge on any atom is -0.453 e. The van der Waals surface area contributed by atoms with Gasteiger partial charge in [0.15, 0.2) is 0 Å². The first-order chi connectivity index (χ1) is 5.16. The Morgan fingerprint density at radius 1 is 1.36 bits per heavy atom. The van der Waals surface area contributed by atoms with Gasteiger partial charge in [-0.15, -0.1) is 0 Å². The van der Waals surface area contributed by atoms with E-state index >= 15 is 0 Å². The Morgan fingerprint density at radius 2 is 1.91 bits per heavy atom. The molecular weight excluding hydrogens is 150 g/mol. The van der Waals surface area contributed by atoms with Gasteiger partial charge in [-0.25, -0.2) is 9.59 Å². The first kappa shape index (κ1) is 9.54. The second kappa shape index (κ2) is 5.33. The van der Waals surface area contributed by atoms with E-state index in [9.17, 15) is 9.59 Å². The molecule has 6 nitrogen and oxygen atoms in total. The first-order valence-electron chi connectivity index (χ1n) is 3.02. The van der Waals surface area contributed by atoms with Gasteiger partial charge < -0.3 is 21.1 Å². The minimum absolute atomic E-state index is 0.296. The highest BCUT2D eigenvalue weighted by Crippen LogP contribution is 1.68. The zero-order chi connectivity index (χ0) is 8.69. The van der Waals surface area contributed by atoms with Gasteiger partial charge in [-0.05, 0) is 0 Å². The zero-order valence-corrected chi connectivity index (χ0v) is 6.22. The number of carbonyl (C=O) groups is 2. The summed E-state index contributed by atoms with van der Waals surface area (Å²) in [7, 11) is 1.26. The summed E-state index contributed by atoms with van der Waals surface area (Å²) in [5, 5.41) is 4.65. The van der Waals surface area contributed by atoms with Gasteiger partial charge >= 0.3 is 12.1 Å². The number of ether oxygens (including phenoxy) is 1. The molecular formula is C5H11N3O3. The third-order valence-corrected chi connectivity index (χ3v) is 0.879. The predicted molar refractivity (Wildman–Crippen MR) is 38.0 cm³/mol. The molecule has 0 aliphatic rings. The maximum atomic E-state index is 10.4. The van der Waals surface area contributed by atoms with Crippen LogP contribution in [0.15, 0.2) is 0 Å². The fourth-order valence-corrected chi connectivity index (χ4v) is 0.422. The number of rotatable bonds is 3. The molecule has 11 heavy (non-hydrogen) atoms. The number of nitrogens with one attached hydrogen (secondary N) is 2. The number of alkyl carbamates (subject to hydrolysis) is 1. The lowest BCUT2D eigenvalue weighted by Gasteiger charge is -2.02. The van der Waals surface area contributed by atoms with Crippen molar-refractivity contribution in [2.45, 2.75) is 0 Å². The van der Waals surface area contributed by atoms with E-state index in [1.807, 2.05) is 0 Å². The van der Waals surface area contributed by atoms with Crippen LogP contribution in [0.1, 0.15) is 0 Å². The lowest BCUT2D eigenvalue weighted by atomic mass is 10.6. The Bertz CT molecular complexity index is 148. The molecule has 0 saturated heterocycles. The maximum Gasteiger partial charge on any atom is 0.406 e. The van der Waals surface area contributed by atoms with Crippen LogP contribution in [0.4, 0.5) is 9.59 Å². The molecule has 0 rings (SSSR count). The molecule has 0 aromatic carbocycles. The van der Waals surface area contributed by atoms with Crippen molar-refractivity contribution in [3.05, 3.63) is 0 Å². The Hall–Kier alpha value is -1.46. The van der Waals surface area contributed by atoms with Crippen LogP contribution in [0.3, 0.4) is 0 Å². The summed E-state index contributed by atoms with van der Waals surface area (Å²) in [5.41, 5.74) is 4.75. The Morgan fingerprint density at radius 3 is 2.36 bits per heavy atom. The highest BCUT2D eigenvalue weighted by atomic mass is 16.5. The molecule has 3 amide bonds. The van der Waals surface area contributed by atoms with Crippen LogP contribution >= 0.6 is 0 Å². The molecule has 0 aromatic heterocycles. The molecule has 0 spiro atoms. The number of methoxy groups -OCH3 is 1. The van der Waals surface area contributed by atoms with E-state index in [2.05, 4.69) is 15.4 Å². The van der Waals surface area contributed by atoms with Crippen molar-refractivity contribution in [3.8, 4) is 0 Å². The third kappa shape index (κ3) is 6.42. The van der Waals surface area contributed by atoms with Gasteiger partial charge in [0.2, 0.25) is 0 Å². The summed E-state index contributed by atoms with van der Waals surface area (Å²) >= 11 is 0. The molecule has 0 unspecified atom stereocenters. The van der Waals surface area contributed by atoms with E-state index in [1.54, 1.807) is 0 Å². The van der Waals surface area contributed by atoms with Crippen molar-refractivity contribution in [2.24, 2.45) is 5.73 Å². The summed E-state index contributed by atoms with van der Waals surface area (Å²) in [5.74, 6) is 0. The number of hydrogen-bond acceptors (Lipinski definition) is 3. The SMILES string of the molecule is COC(=O)NCCNC(N)=O. The standard InChI is InChI=1S/C5H11N3O3/c1-11-5(10)8-3-2-7-4(6)9/h2-3H2,1H3,(H,8,10)(H3,6,7,9). The number of nitrogens with two attached hydrogens (primary N) is 1. The topological polar surface area (TPSA) is 93.4 Å². The van der Waals surface area contributed by atoms with Gasteiger partial charge in [0.1, 0.15) is 0 Å². The number of urea groups is 1. The van der Waals surface area contributed by atoms with Gasteiger partial charge in [0.05, 0.1) is 7.11 Å². The highest BCUT2D eigenvalue weighted by molar-refractivity contribution is 5.71. The molecule has 0 aromatic rings. The number of amides is 3. The van der Waals surface area contributed by atoms with E-state index in [4.69, 9.17) is 5.73 Å². The van der Waals surface area contributed by atoms with Crippen LogP contribution in [0.25, 0.3) is 0 Å². The van der Waals surface area contributed by atoms with Gasteiger partial charge in [0, 0.05) is 13.1 Å². The van der Waals surface area contributed by atoms with Gasteiger partial charge in [-0.1, -0.05) is 0 Å². The Balaban J connectivity index is 3.14. The van der Waals surface area contributed by atoms with Gasteiger partial charge in [-0.3, -0.25) is 0 Å². The monoisotopic (exact) mass is 161 g/mol. The number of hydrogen-bond donors (Lipinski definition) is 3. The van der Waals surface area contributed by atoms with Crippen LogP contribution in [0, 0.1) is 0 Å². The van der Waals surface area contributed by atoms with Gasteiger partial charge in [0.25, 0.3) is 0 Å². The lowest BCUT2D eigenvalue weighted by Crippen LogP contribution is -2.37. The number of carbonyl (C=O) groups excluding carboxylic acids is 2. The second-order valence-electron chi connectivity index (χ2n) is 1.71. The molecule has 0 heterocycles. The van der Waals surface area contributed by atoms with Crippen LogP contribution in [0.2, 0.25) is 0 Å². The van der Waals surface area contributed by atoms with E-state index in [0.29, 0.717) is 13.1 Å². The molecule has 0 aliphatic carbocycles. The molecule has 0 atom stereocenters. The first-order valence-corrected chi connectivity index (χ1v) is 3.02. The smallest absolute Gasteiger partial charge is 0.406 e. The summed E-state index contributed by atoms with van der Waals surface area (Å²) in [4.78, 5) is 20.5. The molecule has 0 bridgehead atoms. The average Bonchev–Trinajstić information content (AvgIpc) is 1.97. The van der Waals surface area contributed by atoms with E-state index in [1.165, 1.54) is 7.11 Å². The maximum absolute atomic E-state index is 10.4. The fourth-order valence-electron chi connectivity index (χ4n) is 0.422. The number of primary amides is 1. The van der Waals surface area contributed by atoms with E-state index in [-0.39, 0.29) is 0 Å². The van der Waals surface area contributed by atoms with Crippen molar-refractivity contribution in [3.63, 3.8) is 0 Å². The van der Waals surface area contributed by atoms with Crippen molar-refractivity contribution in [2.75, 3.05) is 20.2 Å². The average molecular weight is 161 g/mol. The van der Waals surface area contributed by atoms with Crippen LogP contribution < -0.4 is 16.4 Å². The van der Waals surface area contributed by atoms with Crippen molar-refractivity contribution in [1.29, 1.82) is 0 Å². The van der Waals surface area contributed by atoms with Crippen LogP contribution in [0.5, 0.6) is 0 Å². The van der Waals surface area contributed by atoms with Crippen LogP contribution in [-0.4, -0.2) is 32.3 Å². The summed E-state index contributed by atoms with van der Waals surface area (Å²) in [6.07, 6.45) is -0.531.